The number of carbonyl (C=O) groups excluding carboxylic acids is 2. The van der Waals surface area contributed by atoms with Crippen LogP contribution >= 0.6 is 11.6 Å². The SMILES string of the molecule is C=C1CC2COC(=O)C2(Cc2ccc(C(=O)NC(C)Cc3ccc(Cl)cc3)cc2)C1. The highest BCUT2D eigenvalue weighted by molar-refractivity contribution is 6.30. The minimum Gasteiger partial charge on any atom is -0.465 e. The molecule has 1 N–H and O–H groups in total. The summed E-state index contributed by atoms with van der Waals surface area (Å²) < 4.78 is 5.35. The van der Waals surface area contributed by atoms with E-state index < -0.39 is 5.41 Å². The summed E-state index contributed by atoms with van der Waals surface area (Å²) in [5, 5.41) is 3.75. The van der Waals surface area contributed by atoms with Crippen LogP contribution in [0.5, 0.6) is 0 Å². The molecule has 2 aliphatic rings. The first-order valence-electron chi connectivity index (χ1n) is 10.3. The molecule has 4 nitrogen and oxygen atoms in total. The Morgan fingerprint density at radius 3 is 2.57 bits per heavy atom. The van der Waals surface area contributed by atoms with E-state index in [-0.39, 0.29) is 23.8 Å². The maximum atomic E-state index is 12.6. The molecule has 3 unspecified atom stereocenters. The topological polar surface area (TPSA) is 55.4 Å². The van der Waals surface area contributed by atoms with Crippen molar-refractivity contribution < 1.29 is 14.3 Å². The van der Waals surface area contributed by atoms with E-state index in [0.717, 1.165) is 29.5 Å². The van der Waals surface area contributed by atoms with Gasteiger partial charge in [-0.25, -0.2) is 0 Å². The van der Waals surface area contributed by atoms with Gasteiger partial charge >= 0.3 is 5.97 Å². The fraction of sp³-hybridized carbons (Fsp3) is 0.360. The first-order valence-corrected chi connectivity index (χ1v) is 10.7. The average Bonchev–Trinajstić information content (AvgIpc) is 3.18. The molecule has 1 saturated heterocycles. The van der Waals surface area contributed by atoms with Gasteiger partial charge in [0.2, 0.25) is 0 Å². The molecular weight excluding hydrogens is 398 g/mol. The molecule has 1 amide bonds. The number of cyclic esters (lactones) is 1. The van der Waals surface area contributed by atoms with Crippen molar-refractivity contribution in [2.24, 2.45) is 11.3 Å². The molecule has 2 fully saturated rings. The number of halogens is 1. The van der Waals surface area contributed by atoms with Crippen LogP contribution in [-0.2, 0) is 22.4 Å². The van der Waals surface area contributed by atoms with Crippen LogP contribution in [0.2, 0.25) is 5.02 Å². The quantitative estimate of drug-likeness (QED) is 0.538. The summed E-state index contributed by atoms with van der Waals surface area (Å²) in [6.07, 6.45) is 2.92. The average molecular weight is 424 g/mol. The molecule has 1 aliphatic carbocycles. The van der Waals surface area contributed by atoms with Gasteiger partial charge in [0.1, 0.15) is 0 Å². The van der Waals surface area contributed by atoms with Crippen molar-refractivity contribution in [1.29, 1.82) is 0 Å². The zero-order chi connectivity index (χ0) is 21.3. The number of amides is 1. The largest absolute Gasteiger partial charge is 0.465 e. The third kappa shape index (κ3) is 4.15. The monoisotopic (exact) mass is 423 g/mol. The first-order chi connectivity index (χ1) is 14.4. The second-order valence-corrected chi connectivity index (χ2v) is 9.10. The fourth-order valence-electron chi connectivity index (χ4n) is 4.73. The van der Waals surface area contributed by atoms with E-state index in [0.29, 0.717) is 30.0 Å². The Kier molecular flexibility index (Phi) is 5.70. The molecule has 0 spiro atoms. The number of hydrogen-bond acceptors (Lipinski definition) is 3. The second kappa shape index (κ2) is 8.27. The molecule has 0 aromatic heterocycles. The normalized spacial score (nSPS) is 23.7. The van der Waals surface area contributed by atoms with E-state index in [2.05, 4.69) is 11.9 Å². The number of benzene rings is 2. The van der Waals surface area contributed by atoms with Crippen molar-refractivity contribution in [1.82, 2.24) is 5.32 Å². The molecule has 156 valence electrons. The minimum atomic E-state index is -0.478. The van der Waals surface area contributed by atoms with Gasteiger partial charge in [-0.2, -0.15) is 0 Å². The van der Waals surface area contributed by atoms with E-state index in [9.17, 15) is 9.59 Å². The lowest BCUT2D eigenvalue weighted by Crippen LogP contribution is -2.34. The highest BCUT2D eigenvalue weighted by atomic mass is 35.5. The summed E-state index contributed by atoms with van der Waals surface area (Å²) in [6, 6.07) is 15.2. The highest BCUT2D eigenvalue weighted by Crippen LogP contribution is 2.52. The Balaban J connectivity index is 1.38. The van der Waals surface area contributed by atoms with Crippen molar-refractivity contribution in [3.05, 3.63) is 82.4 Å². The molecule has 3 atom stereocenters. The van der Waals surface area contributed by atoms with Crippen LogP contribution in [0.15, 0.2) is 60.7 Å². The van der Waals surface area contributed by atoms with Gasteiger partial charge in [0.15, 0.2) is 0 Å². The molecule has 2 aromatic carbocycles. The van der Waals surface area contributed by atoms with Crippen molar-refractivity contribution in [2.75, 3.05) is 6.61 Å². The zero-order valence-electron chi connectivity index (χ0n) is 17.1. The van der Waals surface area contributed by atoms with Gasteiger partial charge in [-0.15, -0.1) is 0 Å². The summed E-state index contributed by atoms with van der Waals surface area (Å²) in [6.45, 7) is 6.56. The summed E-state index contributed by atoms with van der Waals surface area (Å²) >= 11 is 5.92. The smallest absolute Gasteiger partial charge is 0.313 e. The Morgan fingerprint density at radius 1 is 1.20 bits per heavy atom. The number of nitrogens with one attached hydrogen (secondary N) is 1. The lowest BCUT2D eigenvalue weighted by Gasteiger charge is -2.24. The van der Waals surface area contributed by atoms with Gasteiger partial charge in [-0.3, -0.25) is 9.59 Å². The predicted molar refractivity (Wildman–Crippen MR) is 117 cm³/mol. The predicted octanol–water partition coefficient (Wildman–Crippen LogP) is 4.75. The molecule has 0 radical (unpaired) electrons. The number of fused-ring (bicyclic) bond motifs is 1. The van der Waals surface area contributed by atoms with Gasteiger partial charge in [-0.1, -0.05) is 48.0 Å². The van der Waals surface area contributed by atoms with E-state index >= 15 is 0 Å². The van der Waals surface area contributed by atoms with Crippen molar-refractivity contribution >= 4 is 23.5 Å². The number of rotatable bonds is 6. The Bertz CT molecular complexity index is 967. The molecule has 30 heavy (non-hydrogen) atoms. The van der Waals surface area contributed by atoms with Crippen LogP contribution in [-0.4, -0.2) is 24.5 Å². The fourth-order valence-corrected chi connectivity index (χ4v) is 4.86. The standard InChI is InChI=1S/C25H26ClNO3/c1-16-11-21-15-30-24(29)25(21,13-16)14-19-3-7-20(8-4-19)23(28)27-17(2)12-18-5-9-22(26)10-6-18/h3-10,17,21H,1,11-15H2,2H3,(H,27,28). The Hall–Kier alpha value is -2.59. The lowest BCUT2D eigenvalue weighted by molar-refractivity contribution is -0.146. The summed E-state index contributed by atoms with van der Waals surface area (Å²) in [5.74, 6) is 0.00626. The molecule has 5 heteroatoms. The van der Waals surface area contributed by atoms with E-state index in [1.54, 1.807) is 0 Å². The van der Waals surface area contributed by atoms with Gasteiger partial charge in [0.05, 0.1) is 12.0 Å². The van der Waals surface area contributed by atoms with Crippen molar-refractivity contribution in [3.8, 4) is 0 Å². The zero-order valence-corrected chi connectivity index (χ0v) is 17.9. The maximum absolute atomic E-state index is 12.6. The summed E-state index contributed by atoms with van der Waals surface area (Å²) in [5.41, 5.74) is 3.42. The van der Waals surface area contributed by atoms with Gasteiger partial charge in [0, 0.05) is 22.5 Å². The Morgan fingerprint density at radius 2 is 1.87 bits per heavy atom. The van der Waals surface area contributed by atoms with Crippen molar-refractivity contribution in [2.45, 2.75) is 38.6 Å². The van der Waals surface area contributed by atoms with Crippen LogP contribution < -0.4 is 5.32 Å². The number of esters is 1. The maximum Gasteiger partial charge on any atom is 0.313 e. The second-order valence-electron chi connectivity index (χ2n) is 8.66. The Labute approximate surface area is 182 Å². The van der Waals surface area contributed by atoms with Crippen molar-refractivity contribution in [3.63, 3.8) is 0 Å². The van der Waals surface area contributed by atoms with Crippen LogP contribution in [0.1, 0.15) is 41.3 Å². The third-order valence-corrected chi connectivity index (χ3v) is 6.52. The molecule has 1 saturated carbocycles. The van der Waals surface area contributed by atoms with Gasteiger partial charge < -0.3 is 10.1 Å². The van der Waals surface area contributed by atoms with E-state index in [4.69, 9.17) is 16.3 Å². The molecule has 1 aliphatic heterocycles. The van der Waals surface area contributed by atoms with Crippen LogP contribution in [0, 0.1) is 11.3 Å². The van der Waals surface area contributed by atoms with Crippen LogP contribution in [0.4, 0.5) is 0 Å². The summed E-state index contributed by atoms with van der Waals surface area (Å²) in [7, 11) is 0. The van der Waals surface area contributed by atoms with Crippen LogP contribution in [0.25, 0.3) is 0 Å². The number of ether oxygens (including phenoxy) is 1. The molecular formula is C25H26ClNO3. The highest BCUT2D eigenvalue weighted by Gasteiger charge is 2.55. The molecule has 1 heterocycles. The molecule has 0 bridgehead atoms. The van der Waals surface area contributed by atoms with E-state index in [1.807, 2.05) is 55.5 Å². The third-order valence-electron chi connectivity index (χ3n) is 6.27. The molecule has 2 aromatic rings. The number of hydrogen-bond donors (Lipinski definition) is 1. The van der Waals surface area contributed by atoms with E-state index in [1.165, 1.54) is 0 Å². The minimum absolute atomic E-state index is 0.00393. The number of carbonyl (C=O) groups is 2. The van der Waals surface area contributed by atoms with Crippen LogP contribution in [0.3, 0.4) is 0 Å². The summed E-state index contributed by atoms with van der Waals surface area (Å²) in [4.78, 5) is 25.1. The van der Waals surface area contributed by atoms with Gasteiger partial charge in [0.25, 0.3) is 5.91 Å². The first kappa shape index (κ1) is 20.7. The lowest BCUT2D eigenvalue weighted by atomic mass is 9.75. The molecule has 4 rings (SSSR count). The number of allylic oxidation sites excluding steroid dienone is 1. The van der Waals surface area contributed by atoms with Gasteiger partial charge in [-0.05, 0) is 68.0 Å².